The van der Waals surface area contributed by atoms with E-state index in [0.717, 1.165) is 10.2 Å². The molecule has 4 heterocycles. The monoisotopic (exact) mass is 610 g/mol. The first-order chi connectivity index (χ1) is 21.4. The fourth-order valence-corrected chi connectivity index (χ4v) is 4.90. The van der Waals surface area contributed by atoms with E-state index in [2.05, 4.69) is 20.6 Å². The van der Waals surface area contributed by atoms with Gasteiger partial charge in [-0.05, 0) is 31.2 Å². The molecular weight excluding hydrogens is 580 g/mol. The molecule has 2 aromatic carbocycles. The van der Waals surface area contributed by atoms with Crippen molar-refractivity contribution in [2.24, 2.45) is 21.5 Å². The van der Waals surface area contributed by atoms with Crippen LogP contribution in [0.25, 0.3) is 0 Å². The minimum absolute atomic E-state index is 0.0629. The number of aromatic nitrogens is 2. The van der Waals surface area contributed by atoms with Crippen LogP contribution >= 0.6 is 0 Å². The molecule has 16 heteroatoms. The van der Waals surface area contributed by atoms with Crippen LogP contribution in [0.15, 0.2) is 74.2 Å². The predicted molar refractivity (Wildman–Crippen MR) is 173 cm³/mol. The molecule has 16 nitrogen and oxygen atoms in total. The molecule has 2 aromatic heterocycles. The highest BCUT2D eigenvalue weighted by Gasteiger charge is 2.30. The van der Waals surface area contributed by atoms with Crippen LogP contribution in [0, 0.1) is 6.92 Å². The van der Waals surface area contributed by atoms with Gasteiger partial charge in [-0.25, -0.2) is 9.35 Å². The number of nitrogens with one attached hydrogen (secondary N) is 2. The van der Waals surface area contributed by atoms with Gasteiger partial charge in [-0.15, -0.1) is 0 Å². The molecule has 0 unspecified atom stereocenters. The van der Waals surface area contributed by atoms with Crippen molar-refractivity contribution >= 4 is 46.5 Å². The standard InChI is InChI=1S/C15H16N6O2.C14H14N6O2/c1-7-2-4-8(5-3-7)20-14(22)11-9-6-19-12(16)10(9)15(23)21(18)13(11)17;15-11-9-8(6-18-11)10(12(16)20(17)14(9)22)13(21)19-7-4-2-1-3-5-7/h2-5H,6,17-18H2,1H3,(H2,16,19)(H,20,22);1-5H,6,16-17H2,(H2,15,18)(H,19,21). The summed E-state index contributed by atoms with van der Waals surface area (Å²) in [7, 11) is 0. The van der Waals surface area contributed by atoms with Crippen molar-refractivity contribution in [1.29, 1.82) is 0 Å². The lowest BCUT2D eigenvalue weighted by molar-refractivity contribution is 0.101. The molecule has 0 aliphatic carbocycles. The summed E-state index contributed by atoms with van der Waals surface area (Å²) in [5.41, 5.74) is 25.6. The van der Waals surface area contributed by atoms with Gasteiger partial charge in [0, 0.05) is 22.5 Å². The molecule has 6 rings (SSSR count). The number of nitrogens with two attached hydrogens (primary N) is 6. The lowest BCUT2D eigenvalue weighted by Gasteiger charge is -2.14. The van der Waals surface area contributed by atoms with E-state index in [1.54, 1.807) is 36.4 Å². The maximum Gasteiger partial charge on any atom is 0.281 e. The van der Waals surface area contributed by atoms with Crippen LogP contribution in [0.4, 0.5) is 23.0 Å². The Kier molecular flexibility index (Phi) is 7.71. The molecule has 0 saturated heterocycles. The summed E-state index contributed by atoms with van der Waals surface area (Å²) in [6, 6.07) is 16.1. The molecule has 14 N–H and O–H groups in total. The third kappa shape index (κ3) is 5.38. The fraction of sp³-hybridized carbons (Fsp3) is 0.103. The number of nitrogens with zero attached hydrogens (tertiary/aromatic N) is 4. The molecule has 0 fully saturated rings. The number of benzene rings is 2. The number of anilines is 4. The zero-order valence-corrected chi connectivity index (χ0v) is 24.0. The van der Waals surface area contributed by atoms with Gasteiger partial charge in [0.1, 0.15) is 23.3 Å². The van der Waals surface area contributed by atoms with Crippen molar-refractivity contribution in [2.75, 3.05) is 33.8 Å². The Bertz CT molecular complexity index is 2050. The first-order valence-electron chi connectivity index (χ1n) is 13.4. The number of aryl methyl sites for hydroxylation is 1. The molecule has 0 spiro atoms. The van der Waals surface area contributed by atoms with Gasteiger partial charge in [-0.2, -0.15) is 0 Å². The number of carbonyl (C=O) groups is 2. The molecule has 2 amide bonds. The van der Waals surface area contributed by atoms with Crippen molar-refractivity contribution in [1.82, 2.24) is 9.35 Å². The van der Waals surface area contributed by atoms with Crippen LogP contribution in [0.2, 0.25) is 0 Å². The van der Waals surface area contributed by atoms with E-state index in [1.807, 2.05) is 25.1 Å². The third-order valence-electron chi connectivity index (χ3n) is 7.23. The molecule has 4 aromatic rings. The molecule has 0 atom stereocenters. The van der Waals surface area contributed by atoms with Gasteiger partial charge < -0.3 is 45.3 Å². The molecular formula is C29H30N12O4. The second-order valence-corrected chi connectivity index (χ2v) is 10.1. The van der Waals surface area contributed by atoms with Crippen LogP contribution in [0.1, 0.15) is 48.5 Å². The summed E-state index contributed by atoms with van der Waals surface area (Å²) in [6.07, 6.45) is 0. The highest BCUT2D eigenvalue weighted by atomic mass is 16.2. The van der Waals surface area contributed by atoms with E-state index >= 15 is 0 Å². The maximum absolute atomic E-state index is 12.6. The summed E-state index contributed by atoms with van der Waals surface area (Å²) in [4.78, 5) is 57.3. The Labute approximate surface area is 255 Å². The van der Waals surface area contributed by atoms with Gasteiger partial charge in [0.05, 0.1) is 35.3 Å². The quantitative estimate of drug-likeness (QED) is 0.138. The third-order valence-corrected chi connectivity index (χ3v) is 7.23. The zero-order chi connectivity index (χ0) is 32.6. The number of nitrogen functional groups attached to an aromatic ring is 4. The minimum Gasteiger partial charge on any atom is -0.383 e. The Morgan fingerprint density at radius 2 is 1.07 bits per heavy atom. The van der Waals surface area contributed by atoms with Crippen LogP contribution in [0.3, 0.4) is 0 Å². The first-order valence-corrected chi connectivity index (χ1v) is 13.4. The summed E-state index contributed by atoms with van der Waals surface area (Å²) >= 11 is 0. The number of rotatable bonds is 4. The number of fused-ring (bicyclic) bond motifs is 2. The Morgan fingerprint density at radius 1 is 0.667 bits per heavy atom. The molecule has 45 heavy (non-hydrogen) atoms. The van der Waals surface area contributed by atoms with Gasteiger partial charge in [0.15, 0.2) is 0 Å². The number of carbonyl (C=O) groups excluding carboxylic acids is 2. The highest BCUT2D eigenvalue weighted by Crippen LogP contribution is 2.25. The number of para-hydroxylation sites is 1. The van der Waals surface area contributed by atoms with E-state index in [4.69, 9.17) is 34.6 Å². The van der Waals surface area contributed by atoms with Gasteiger partial charge in [-0.3, -0.25) is 29.2 Å². The van der Waals surface area contributed by atoms with E-state index in [1.165, 1.54) is 0 Å². The van der Waals surface area contributed by atoms with Gasteiger partial charge >= 0.3 is 0 Å². The Balaban J connectivity index is 0.000000178. The Morgan fingerprint density at radius 3 is 1.49 bits per heavy atom. The van der Waals surface area contributed by atoms with E-state index in [0.29, 0.717) is 27.2 Å². The van der Waals surface area contributed by atoms with Crippen molar-refractivity contribution < 1.29 is 9.59 Å². The molecule has 0 radical (unpaired) electrons. The van der Waals surface area contributed by atoms with E-state index in [-0.39, 0.29) is 58.7 Å². The van der Waals surface area contributed by atoms with Gasteiger partial charge in [0.2, 0.25) is 0 Å². The number of pyridine rings is 2. The number of hydrogen-bond acceptors (Lipinski definition) is 12. The Hall–Kier alpha value is -6.58. The number of amidine groups is 2. The smallest absolute Gasteiger partial charge is 0.281 e. The van der Waals surface area contributed by atoms with Crippen LogP contribution < -0.4 is 56.4 Å². The number of aliphatic imine (C=N–C) groups is 2. The van der Waals surface area contributed by atoms with Crippen molar-refractivity contribution in [3.8, 4) is 0 Å². The molecule has 0 bridgehead atoms. The second-order valence-electron chi connectivity index (χ2n) is 10.1. The van der Waals surface area contributed by atoms with E-state index in [9.17, 15) is 19.2 Å². The first kappa shape index (κ1) is 29.9. The van der Waals surface area contributed by atoms with Crippen LogP contribution in [-0.4, -0.2) is 32.8 Å². The number of hydrogen-bond donors (Lipinski definition) is 8. The largest absolute Gasteiger partial charge is 0.383 e. The molecule has 2 aliphatic rings. The fourth-order valence-electron chi connectivity index (χ4n) is 4.90. The van der Waals surface area contributed by atoms with Gasteiger partial charge in [-0.1, -0.05) is 35.9 Å². The normalized spacial score (nSPS) is 12.6. The predicted octanol–water partition coefficient (Wildman–Crippen LogP) is -0.461. The summed E-state index contributed by atoms with van der Waals surface area (Å²) < 4.78 is 1.43. The van der Waals surface area contributed by atoms with Crippen molar-refractivity contribution in [3.05, 3.63) is 114 Å². The van der Waals surface area contributed by atoms with Crippen molar-refractivity contribution in [2.45, 2.75) is 20.0 Å². The topological polar surface area (TPSA) is 283 Å². The SMILES string of the molecule is Cc1ccc(NC(=O)c2c3c(c(=O)n(N)c2N)C(N)=NC3)cc1.NC1=NCc2c(C(=O)Nc3ccccc3)c(N)n(N)c(=O)c21. The summed E-state index contributed by atoms with van der Waals surface area (Å²) in [6.45, 7) is 2.19. The minimum atomic E-state index is -0.567. The number of amides is 2. The van der Waals surface area contributed by atoms with Gasteiger partial charge in [0.25, 0.3) is 22.9 Å². The molecule has 230 valence electrons. The second kappa shape index (κ2) is 11.6. The summed E-state index contributed by atoms with van der Waals surface area (Å²) in [5, 5.41) is 5.44. The highest BCUT2D eigenvalue weighted by molar-refractivity contribution is 6.13. The van der Waals surface area contributed by atoms with Crippen LogP contribution in [0.5, 0.6) is 0 Å². The van der Waals surface area contributed by atoms with E-state index < -0.39 is 22.9 Å². The zero-order valence-electron chi connectivity index (χ0n) is 24.0. The summed E-state index contributed by atoms with van der Waals surface area (Å²) in [5.74, 6) is 10.2. The average molecular weight is 611 g/mol. The van der Waals surface area contributed by atoms with Crippen LogP contribution in [-0.2, 0) is 13.1 Å². The lowest BCUT2D eigenvalue weighted by atomic mass is 10.0. The lowest BCUT2D eigenvalue weighted by Crippen LogP contribution is -2.38. The molecule has 2 aliphatic heterocycles. The maximum atomic E-state index is 12.6. The average Bonchev–Trinajstić information content (AvgIpc) is 3.59. The molecule has 0 saturated carbocycles. The van der Waals surface area contributed by atoms with Crippen molar-refractivity contribution in [3.63, 3.8) is 0 Å².